The zero-order valence-corrected chi connectivity index (χ0v) is 18.3. The van der Waals surface area contributed by atoms with E-state index in [-0.39, 0.29) is 11.7 Å². The lowest BCUT2D eigenvalue weighted by Crippen LogP contribution is -2.36. The second-order valence-electron chi connectivity index (χ2n) is 7.99. The fourth-order valence-corrected chi connectivity index (χ4v) is 4.36. The summed E-state index contributed by atoms with van der Waals surface area (Å²) in [4.78, 5) is 17.8. The minimum atomic E-state index is -0.301. The van der Waals surface area contributed by atoms with Crippen molar-refractivity contribution in [3.63, 3.8) is 0 Å². The number of halogens is 1. The van der Waals surface area contributed by atoms with Crippen molar-refractivity contribution < 1.29 is 13.9 Å². The Bertz CT molecular complexity index is 1330. The third-order valence-corrected chi connectivity index (χ3v) is 6.02. The molecule has 168 valence electrons. The second-order valence-corrected chi connectivity index (χ2v) is 7.99. The third-order valence-electron chi connectivity index (χ3n) is 6.02. The number of aryl methyl sites for hydroxylation is 1. The molecule has 5 rings (SSSR count). The molecule has 1 aliphatic rings. The number of fused-ring (bicyclic) bond motifs is 1. The zero-order valence-electron chi connectivity index (χ0n) is 18.3. The maximum Gasteiger partial charge on any atom is 0.224 e. The number of carbonyl (C=O) groups excluding carboxylic acids is 1. The average molecular weight is 445 g/mol. The van der Waals surface area contributed by atoms with Crippen LogP contribution >= 0.6 is 0 Å². The predicted molar refractivity (Wildman–Crippen MR) is 124 cm³/mol. The molecule has 0 unspecified atom stereocenters. The highest BCUT2D eigenvalue weighted by atomic mass is 19.1. The number of benzene rings is 2. The van der Waals surface area contributed by atoms with Gasteiger partial charge in [0.15, 0.2) is 5.82 Å². The lowest BCUT2D eigenvalue weighted by atomic mass is 10.0. The molecule has 3 heterocycles. The van der Waals surface area contributed by atoms with E-state index < -0.39 is 0 Å². The van der Waals surface area contributed by atoms with Gasteiger partial charge in [0.2, 0.25) is 5.91 Å². The summed E-state index contributed by atoms with van der Waals surface area (Å²) in [5.74, 6) is 0.440. The molecule has 1 N–H and O–H groups in total. The van der Waals surface area contributed by atoms with Gasteiger partial charge in [-0.25, -0.2) is 4.39 Å². The molecule has 0 bridgehead atoms. The Morgan fingerprint density at radius 1 is 1.18 bits per heavy atom. The molecule has 0 fully saturated rings. The highest BCUT2D eigenvalue weighted by Crippen LogP contribution is 2.37. The maximum atomic E-state index is 15.5. The predicted octanol–water partition coefficient (Wildman–Crippen LogP) is 4.28. The van der Waals surface area contributed by atoms with Crippen LogP contribution in [0.3, 0.4) is 0 Å². The number of methoxy groups -OCH3 is 1. The van der Waals surface area contributed by atoms with Gasteiger partial charge in [-0.2, -0.15) is 0 Å². The summed E-state index contributed by atoms with van der Waals surface area (Å²) in [5, 5.41) is 8.18. The van der Waals surface area contributed by atoms with Crippen LogP contribution in [0.25, 0.3) is 27.6 Å². The first-order chi connectivity index (χ1) is 16.2. The van der Waals surface area contributed by atoms with Crippen LogP contribution < -0.4 is 4.74 Å². The number of para-hydroxylation sites is 2. The number of hydrogen-bond acceptors (Lipinski definition) is 4. The number of nitrogens with one attached hydrogen (secondary N) is 1. The summed E-state index contributed by atoms with van der Waals surface area (Å²) in [7, 11) is 1.63. The molecule has 33 heavy (non-hydrogen) atoms. The van der Waals surface area contributed by atoms with Gasteiger partial charge in [0.05, 0.1) is 31.1 Å². The monoisotopic (exact) mass is 445 g/mol. The van der Waals surface area contributed by atoms with Gasteiger partial charge >= 0.3 is 0 Å². The summed E-state index contributed by atoms with van der Waals surface area (Å²) < 4.78 is 22.7. The van der Waals surface area contributed by atoms with Gasteiger partial charge in [-0.3, -0.25) is 9.48 Å². The molecule has 0 saturated carbocycles. The Balaban J connectivity index is 1.43. The topological polar surface area (TPSA) is 76.0 Å². The van der Waals surface area contributed by atoms with E-state index >= 15 is 4.39 Å². The Kier molecular flexibility index (Phi) is 5.64. The first-order valence-corrected chi connectivity index (χ1v) is 10.9. The summed E-state index contributed by atoms with van der Waals surface area (Å²) in [5.41, 5.74) is 3.69. The number of nitrogens with zero attached hydrogens (tertiary/aromatic N) is 4. The molecule has 7 nitrogen and oxygen atoms in total. The molecule has 0 spiro atoms. The van der Waals surface area contributed by atoms with Gasteiger partial charge in [0, 0.05) is 42.2 Å². The van der Waals surface area contributed by atoms with Gasteiger partial charge in [0.1, 0.15) is 5.75 Å². The van der Waals surface area contributed by atoms with Gasteiger partial charge in [0.25, 0.3) is 0 Å². The third kappa shape index (κ3) is 4.00. The van der Waals surface area contributed by atoms with E-state index in [1.54, 1.807) is 35.2 Å². The van der Waals surface area contributed by atoms with Crippen LogP contribution in [0, 0.1) is 5.82 Å². The van der Waals surface area contributed by atoms with Crippen molar-refractivity contribution in [3.05, 3.63) is 72.4 Å². The quantitative estimate of drug-likeness (QED) is 0.481. The summed E-state index contributed by atoms with van der Waals surface area (Å²) >= 11 is 0. The van der Waals surface area contributed by atoms with Crippen LogP contribution in [0.5, 0.6) is 5.75 Å². The van der Waals surface area contributed by atoms with E-state index in [1.807, 2.05) is 42.5 Å². The summed E-state index contributed by atoms with van der Waals surface area (Å²) in [6.07, 6.45) is 6.33. The number of aromatic nitrogens is 4. The molecule has 4 aromatic rings. The molecule has 1 aliphatic heterocycles. The Hall–Kier alpha value is -3.94. The van der Waals surface area contributed by atoms with Gasteiger partial charge in [-0.05, 0) is 24.1 Å². The number of amides is 1. The standard InChI is InChI=1S/C25H24FN5O2/c1-33-21-10-3-2-7-18(21)19-8-4-9-20-23(26)24(28-25(19)20)17-6-5-13-30(16-17)22(32)11-14-31-15-12-27-29-31/h2-4,6-10,12,15,28H,5,11,13-14,16H2,1H3. The fraction of sp³-hybridized carbons (Fsp3) is 0.240. The van der Waals surface area contributed by atoms with E-state index in [1.165, 1.54) is 0 Å². The smallest absolute Gasteiger partial charge is 0.224 e. The fourth-order valence-electron chi connectivity index (χ4n) is 4.36. The highest BCUT2D eigenvalue weighted by Gasteiger charge is 2.24. The number of ether oxygens (including phenoxy) is 1. The number of carbonyl (C=O) groups is 1. The van der Waals surface area contributed by atoms with E-state index in [4.69, 9.17) is 4.74 Å². The minimum Gasteiger partial charge on any atom is -0.496 e. The van der Waals surface area contributed by atoms with Crippen LogP contribution in [0.2, 0.25) is 0 Å². The Morgan fingerprint density at radius 3 is 2.85 bits per heavy atom. The lowest BCUT2D eigenvalue weighted by Gasteiger charge is -2.27. The van der Waals surface area contributed by atoms with E-state index in [0.29, 0.717) is 49.1 Å². The number of rotatable bonds is 6. The van der Waals surface area contributed by atoms with E-state index in [9.17, 15) is 4.79 Å². The average Bonchev–Trinajstić information content (AvgIpc) is 3.50. The molecular weight excluding hydrogens is 421 g/mol. The number of aromatic amines is 1. The molecule has 0 radical (unpaired) electrons. The summed E-state index contributed by atoms with van der Waals surface area (Å²) in [6, 6.07) is 13.3. The normalized spacial score (nSPS) is 13.9. The van der Waals surface area contributed by atoms with E-state index in [2.05, 4.69) is 15.3 Å². The highest BCUT2D eigenvalue weighted by molar-refractivity contribution is 5.98. The lowest BCUT2D eigenvalue weighted by molar-refractivity contribution is -0.131. The number of hydrogen-bond donors (Lipinski definition) is 1. The molecule has 0 saturated heterocycles. The van der Waals surface area contributed by atoms with Crippen molar-refractivity contribution in [3.8, 4) is 16.9 Å². The van der Waals surface area contributed by atoms with Crippen molar-refractivity contribution in [2.45, 2.75) is 19.4 Å². The van der Waals surface area contributed by atoms with Crippen LogP contribution in [0.15, 0.2) is 60.9 Å². The molecule has 0 aliphatic carbocycles. The first kappa shape index (κ1) is 20.9. The summed E-state index contributed by atoms with van der Waals surface area (Å²) in [6.45, 7) is 1.45. The maximum absolute atomic E-state index is 15.5. The molecule has 2 aromatic heterocycles. The number of H-pyrrole nitrogens is 1. The van der Waals surface area contributed by atoms with Crippen LogP contribution in [-0.2, 0) is 11.3 Å². The molecule has 0 atom stereocenters. The van der Waals surface area contributed by atoms with Crippen LogP contribution in [0.1, 0.15) is 18.5 Å². The van der Waals surface area contributed by atoms with Crippen molar-refractivity contribution in [1.82, 2.24) is 24.9 Å². The Labute approximate surface area is 190 Å². The second kappa shape index (κ2) is 8.90. The van der Waals surface area contributed by atoms with Crippen molar-refractivity contribution in [2.24, 2.45) is 0 Å². The van der Waals surface area contributed by atoms with Gasteiger partial charge in [-0.15, -0.1) is 5.10 Å². The van der Waals surface area contributed by atoms with Crippen molar-refractivity contribution in [2.75, 3.05) is 20.2 Å². The van der Waals surface area contributed by atoms with Gasteiger partial charge < -0.3 is 14.6 Å². The minimum absolute atomic E-state index is 0.0160. The van der Waals surface area contributed by atoms with Crippen LogP contribution in [0.4, 0.5) is 4.39 Å². The first-order valence-electron chi connectivity index (χ1n) is 10.9. The van der Waals surface area contributed by atoms with E-state index in [0.717, 1.165) is 22.4 Å². The van der Waals surface area contributed by atoms with Crippen LogP contribution in [-0.4, -0.2) is 51.0 Å². The molecule has 2 aromatic carbocycles. The molecular formula is C25H24FN5O2. The molecule has 8 heteroatoms. The van der Waals surface area contributed by atoms with Crippen molar-refractivity contribution >= 4 is 22.4 Å². The SMILES string of the molecule is COc1ccccc1-c1cccc2c(F)c(C3=CCCN(C(=O)CCn4ccnn4)C3)[nH]c12. The zero-order chi connectivity index (χ0) is 22.8. The van der Waals surface area contributed by atoms with Crippen molar-refractivity contribution in [1.29, 1.82) is 0 Å². The van der Waals surface area contributed by atoms with Gasteiger partial charge in [-0.1, -0.05) is 41.6 Å². The largest absolute Gasteiger partial charge is 0.496 e. The Morgan fingerprint density at radius 2 is 2.03 bits per heavy atom. The molecule has 1 amide bonds.